The lowest BCUT2D eigenvalue weighted by atomic mass is 9.83. The molecule has 120 valence electrons. The van der Waals surface area contributed by atoms with Gasteiger partial charge in [-0.2, -0.15) is 0 Å². The van der Waals surface area contributed by atoms with Gasteiger partial charge >= 0.3 is 5.97 Å². The van der Waals surface area contributed by atoms with Crippen molar-refractivity contribution in [2.45, 2.75) is 57.9 Å². The molecule has 2 rings (SSSR count). The number of morpholine rings is 1. The third-order valence-electron chi connectivity index (χ3n) is 4.75. The molecule has 1 heterocycles. The Morgan fingerprint density at radius 3 is 2.67 bits per heavy atom. The van der Waals surface area contributed by atoms with Gasteiger partial charge in [0.25, 0.3) is 0 Å². The molecule has 1 N–H and O–H groups in total. The summed E-state index contributed by atoms with van der Waals surface area (Å²) in [5.41, 5.74) is 0. The highest BCUT2D eigenvalue weighted by Gasteiger charge is 2.32. The Morgan fingerprint density at radius 1 is 1.29 bits per heavy atom. The molecule has 1 aliphatic carbocycles. The fraction of sp³-hybridized carbons (Fsp3) is 0.875. The smallest absolute Gasteiger partial charge is 0.305 e. The zero-order chi connectivity index (χ0) is 15.2. The number of ether oxygens (including phenoxy) is 1. The summed E-state index contributed by atoms with van der Waals surface area (Å²) in [5, 5.41) is 8.97. The summed E-state index contributed by atoms with van der Waals surface area (Å²) in [6.45, 7) is 3.36. The number of hydrogen-bond acceptors (Lipinski definition) is 3. The maximum Gasteiger partial charge on any atom is 0.305 e. The van der Waals surface area contributed by atoms with Gasteiger partial charge in [0.2, 0.25) is 5.91 Å². The Kier molecular flexibility index (Phi) is 6.03. The van der Waals surface area contributed by atoms with Gasteiger partial charge in [-0.05, 0) is 12.3 Å². The van der Waals surface area contributed by atoms with E-state index in [0.29, 0.717) is 25.7 Å². The summed E-state index contributed by atoms with van der Waals surface area (Å²) in [4.78, 5) is 25.3. The molecule has 21 heavy (non-hydrogen) atoms. The van der Waals surface area contributed by atoms with Crippen molar-refractivity contribution in [2.24, 2.45) is 11.8 Å². The van der Waals surface area contributed by atoms with Crippen molar-refractivity contribution in [1.29, 1.82) is 0 Å². The fourth-order valence-electron chi connectivity index (χ4n) is 3.62. The van der Waals surface area contributed by atoms with E-state index in [0.717, 1.165) is 6.42 Å². The normalized spacial score (nSPS) is 25.6. The van der Waals surface area contributed by atoms with Gasteiger partial charge in [-0.15, -0.1) is 0 Å². The number of amides is 1. The highest BCUT2D eigenvalue weighted by atomic mass is 16.5. The quantitative estimate of drug-likeness (QED) is 0.845. The molecule has 0 aromatic carbocycles. The van der Waals surface area contributed by atoms with E-state index < -0.39 is 5.97 Å². The zero-order valence-corrected chi connectivity index (χ0v) is 12.9. The van der Waals surface area contributed by atoms with Crippen molar-refractivity contribution in [3.63, 3.8) is 0 Å². The topological polar surface area (TPSA) is 66.8 Å². The molecule has 2 fully saturated rings. The largest absolute Gasteiger partial charge is 0.481 e. The predicted octanol–water partition coefficient (Wildman–Crippen LogP) is 2.30. The molecule has 5 nitrogen and oxygen atoms in total. The van der Waals surface area contributed by atoms with Crippen molar-refractivity contribution in [3.05, 3.63) is 0 Å². The van der Waals surface area contributed by atoms with E-state index in [1.807, 2.05) is 6.92 Å². The van der Waals surface area contributed by atoms with Crippen LogP contribution in [0.3, 0.4) is 0 Å². The summed E-state index contributed by atoms with van der Waals surface area (Å²) in [5.74, 6) is -0.113. The third kappa shape index (κ3) is 4.70. The Morgan fingerprint density at radius 2 is 2.00 bits per heavy atom. The molecule has 0 spiro atoms. The summed E-state index contributed by atoms with van der Waals surface area (Å²) < 4.78 is 5.34. The Balaban J connectivity index is 1.90. The number of hydrogen-bond donors (Lipinski definition) is 1. The molecule has 2 unspecified atom stereocenters. The minimum Gasteiger partial charge on any atom is -0.481 e. The van der Waals surface area contributed by atoms with Gasteiger partial charge in [0.15, 0.2) is 0 Å². The number of carboxylic acids is 1. The van der Waals surface area contributed by atoms with Gasteiger partial charge in [-0.3, -0.25) is 9.59 Å². The first kappa shape index (κ1) is 16.3. The first-order valence-corrected chi connectivity index (χ1v) is 8.18. The van der Waals surface area contributed by atoms with Gasteiger partial charge in [-0.1, -0.05) is 39.0 Å². The molecule has 0 aromatic rings. The fourth-order valence-corrected chi connectivity index (χ4v) is 3.62. The number of rotatable bonds is 5. The Bertz CT molecular complexity index is 365. The van der Waals surface area contributed by atoms with E-state index in [2.05, 4.69) is 0 Å². The lowest BCUT2D eigenvalue weighted by Crippen LogP contribution is -2.51. The van der Waals surface area contributed by atoms with Crippen molar-refractivity contribution in [3.8, 4) is 0 Å². The zero-order valence-electron chi connectivity index (χ0n) is 12.9. The average Bonchev–Trinajstić information content (AvgIpc) is 2.47. The van der Waals surface area contributed by atoms with Crippen molar-refractivity contribution < 1.29 is 19.4 Å². The molecule has 1 saturated heterocycles. The minimum atomic E-state index is -0.872. The maximum absolute atomic E-state index is 12.6. The average molecular weight is 297 g/mol. The van der Waals surface area contributed by atoms with Crippen LogP contribution >= 0.6 is 0 Å². The molecule has 1 aliphatic heterocycles. The van der Waals surface area contributed by atoms with Crippen LogP contribution in [-0.2, 0) is 14.3 Å². The number of aliphatic carboxylic acids is 1. The Hall–Kier alpha value is -1.10. The number of carbonyl (C=O) groups excluding carboxylic acids is 1. The predicted molar refractivity (Wildman–Crippen MR) is 78.9 cm³/mol. The van der Waals surface area contributed by atoms with Crippen LogP contribution < -0.4 is 0 Å². The van der Waals surface area contributed by atoms with Crippen molar-refractivity contribution in [2.75, 3.05) is 19.8 Å². The van der Waals surface area contributed by atoms with Gasteiger partial charge in [-0.25, -0.2) is 0 Å². The van der Waals surface area contributed by atoms with E-state index in [1.54, 1.807) is 4.90 Å². The van der Waals surface area contributed by atoms with Crippen LogP contribution in [0.5, 0.6) is 0 Å². The van der Waals surface area contributed by atoms with Crippen molar-refractivity contribution >= 4 is 11.9 Å². The van der Waals surface area contributed by atoms with E-state index >= 15 is 0 Å². The van der Waals surface area contributed by atoms with E-state index in [-0.39, 0.29) is 24.3 Å². The van der Waals surface area contributed by atoms with Crippen LogP contribution in [0.25, 0.3) is 0 Å². The van der Waals surface area contributed by atoms with Crippen LogP contribution in [0.4, 0.5) is 0 Å². The van der Waals surface area contributed by atoms with Crippen LogP contribution in [0.15, 0.2) is 0 Å². The molecule has 0 aromatic heterocycles. The summed E-state index contributed by atoms with van der Waals surface area (Å²) in [7, 11) is 0. The van der Waals surface area contributed by atoms with Crippen molar-refractivity contribution in [1.82, 2.24) is 4.90 Å². The number of nitrogens with zero attached hydrogens (tertiary/aromatic N) is 1. The summed E-state index contributed by atoms with van der Waals surface area (Å²) in [6.07, 6.45) is 7.27. The first-order valence-electron chi connectivity index (χ1n) is 8.18. The SMILES string of the molecule is CC(CC1CCCCC1)C(=O)N1CCOCC1CC(=O)O. The summed E-state index contributed by atoms with van der Waals surface area (Å²) in [6, 6.07) is -0.308. The molecular weight excluding hydrogens is 270 g/mol. The second-order valence-corrected chi connectivity index (χ2v) is 6.50. The second-order valence-electron chi connectivity index (χ2n) is 6.50. The van der Waals surface area contributed by atoms with Crippen LogP contribution in [0, 0.1) is 11.8 Å². The lowest BCUT2D eigenvalue weighted by Gasteiger charge is -2.37. The highest BCUT2D eigenvalue weighted by Crippen LogP contribution is 2.30. The standard InChI is InChI=1S/C16H27NO4/c1-12(9-13-5-3-2-4-6-13)16(20)17-7-8-21-11-14(17)10-15(18)19/h12-14H,2-11H2,1H3,(H,18,19). The monoisotopic (exact) mass is 297 g/mol. The van der Waals surface area contributed by atoms with Crippen LogP contribution in [0.2, 0.25) is 0 Å². The lowest BCUT2D eigenvalue weighted by molar-refractivity contribution is -0.149. The third-order valence-corrected chi connectivity index (χ3v) is 4.75. The molecule has 2 atom stereocenters. The molecule has 5 heteroatoms. The molecule has 0 radical (unpaired) electrons. The van der Waals surface area contributed by atoms with Gasteiger partial charge in [0, 0.05) is 12.5 Å². The number of carbonyl (C=O) groups is 2. The van der Waals surface area contributed by atoms with E-state index in [1.165, 1.54) is 32.1 Å². The molecule has 1 saturated carbocycles. The van der Waals surface area contributed by atoms with E-state index in [9.17, 15) is 9.59 Å². The number of carboxylic acid groups (broad SMARTS) is 1. The minimum absolute atomic E-state index is 0.0116. The molecule has 2 aliphatic rings. The highest BCUT2D eigenvalue weighted by molar-refractivity contribution is 5.79. The molecule has 0 bridgehead atoms. The molecule has 1 amide bonds. The van der Waals surface area contributed by atoms with Gasteiger partial charge in [0.1, 0.15) is 0 Å². The second kappa shape index (κ2) is 7.78. The van der Waals surface area contributed by atoms with E-state index in [4.69, 9.17) is 9.84 Å². The summed E-state index contributed by atoms with van der Waals surface area (Å²) >= 11 is 0. The first-order chi connectivity index (χ1) is 10.1. The van der Waals surface area contributed by atoms with Crippen LogP contribution in [-0.4, -0.2) is 47.7 Å². The molecular formula is C16H27NO4. The Labute approximate surface area is 126 Å². The van der Waals surface area contributed by atoms with Gasteiger partial charge in [0.05, 0.1) is 25.7 Å². The van der Waals surface area contributed by atoms with Crippen LogP contribution in [0.1, 0.15) is 51.9 Å². The maximum atomic E-state index is 12.6. The van der Waals surface area contributed by atoms with Gasteiger partial charge < -0.3 is 14.7 Å².